The van der Waals surface area contributed by atoms with Crippen LogP contribution in [0, 0.1) is 5.82 Å². The van der Waals surface area contributed by atoms with Gasteiger partial charge in [0.2, 0.25) is 0 Å². The highest BCUT2D eigenvalue weighted by Gasteiger charge is 2.21. The van der Waals surface area contributed by atoms with Crippen molar-refractivity contribution in [2.75, 3.05) is 75.8 Å². The molecule has 0 amide bonds. The molecule has 2 aliphatic rings. The molecule has 32 heavy (non-hydrogen) atoms. The van der Waals surface area contributed by atoms with Gasteiger partial charge in [0.1, 0.15) is 11.6 Å². The minimum atomic E-state index is -0.145. The molecule has 0 spiro atoms. The average molecular weight is 440 g/mol. The van der Waals surface area contributed by atoms with Gasteiger partial charge in [0, 0.05) is 72.1 Å². The molecule has 8 heteroatoms. The Kier molecular flexibility index (Phi) is 7.42. The number of likely N-dealkylation sites (N-methyl/N-ethyl adjacent to an activating group) is 1. The molecule has 2 fully saturated rings. The summed E-state index contributed by atoms with van der Waals surface area (Å²) in [4.78, 5) is 18.0. The fourth-order valence-corrected chi connectivity index (χ4v) is 4.42. The zero-order chi connectivity index (χ0) is 22.3. The molecule has 0 unspecified atom stereocenters. The summed E-state index contributed by atoms with van der Waals surface area (Å²) >= 11 is 0. The minimum Gasteiger partial charge on any atom is -0.367 e. The highest BCUT2D eigenvalue weighted by Crippen LogP contribution is 2.22. The van der Waals surface area contributed by atoms with E-state index in [4.69, 9.17) is 0 Å². The molecule has 0 atom stereocenters. The fourth-order valence-electron chi connectivity index (χ4n) is 4.42. The Labute approximate surface area is 190 Å². The summed E-state index contributed by atoms with van der Waals surface area (Å²) in [5.74, 6) is 1.72. The number of aliphatic imine (C=N–C) groups is 1. The van der Waals surface area contributed by atoms with Gasteiger partial charge in [-0.2, -0.15) is 0 Å². The molecule has 0 radical (unpaired) electrons. The van der Waals surface area contributed by atoms with Crippen LogP contribution in [0.15, 0.2) is 47.6 Å². The molecular weight excluding hydrogens is 405 g/mol. The Morgan fingerprint density at radius 1 is 1.00 bits per heavy atom. The van der Waals surface area contributed by atoms with Crippen molar-refractivity contribution in [3.63, 3.8) is 0 Å². The summed E-state index contributed by atoms with van der Waals surface area (Å²) in [5.41, 5.74) is 1.63. The van der Waals surface area contributed by atoms with Crippen LogP contribution in [-0.2, 0) is 6.54 Å². The molecular formula is C24H34FN7. The van der Waals surface area contributed by atoms with Gasteiger partial charge in [0.15, 0.2) is 5.96 Å². The van der Waals surface area contributed by atoms with E-state index in [9.17, 15) is 4.39 Å². The zero-order valence-corrected chi connectivity index (χ0v) is 19.2. The summed E-state index contributed by atoms with van der Waals surface area (Å²) in [5, 5.41) is 3.40. The van der Waals surface area contributed by atoms with E-state index in [1.54, 1.807) is 13.1 Å². The van der Waals surface area contributed by atoms with E-state index in [-0.39, 0.29) is 5.82 Å². The predicted octanol–water partition coefficient (Wildman–Crippen LogP) is 2.26. The van der Waals surface area contributed by atoms with Gasteiger partial charge in [0.25, 0.3) is 0 Å². The minimum absolute atomic E-state index is 0.145. The van der Waals surface area contributed by atoms with E-state index >= 15 is 0 Å². The number of hydrogen-bond acceptors (Lipinski definition) is 5. The topological polar surface area (TPSA) is 50.2 Å². The summed E-state index contributed by atoms with van der Waals surface area (Å²) in [7, 11) is 1.80. The molecule has 1 aromatic heterocycles. The number of guanidine groups is 1. The number of rotatable bonds is 5. The van der Waals surface area contributed by atoms with Crippen LogP contribution in [0.2, 0.25) is 0 Å². The van der Waals surface area contributed by atoms with Gasteiger partial charge >= 0.3 is 0 Å². The van der Waals surface area contributed by atoms with Gasteiger partial charge < -0.3 is 24.9 Å². The second-order valence-electron chi connectivity index (χ2n) is 8.27. The van der Waals surface area contributed by atoms with Crippen LogP contribution in [0.5, 0.6) is 0 Å². The number of aromatic nitrogens is 1. The van der Waals surface area contributed by atoms with Crippen molar-refractivity contribution in [2.45, 2.75) is 13.5 Å². The van der Waals surface area contributed by atoms with Crippen LogP contribution >= 0.6 is 0 Å². The second-order valence-corrected chi connectivity index (χ2v) is 8.27. The molecule has 4 rings (SSSR count). The van der Waals surface area contributed by atoms with E-state index in [0.29, 0.717) is 12.2 Å². The van der Waals surface area contributed by atoms with Crippen LogP contribution < -0.4 is 15.1 Å². The van der Waals surface area contributed by atoms with Gasteiger partial charge in [-0.05, 0) is 36.4 Å². The van der Waals surface area contributed by atoms with Crippen molar-refractivity contribution >= 4 is 17.5 Å². The number of pyridine rings is 1. The standard InChI is InChI=1S/C24H34FN7/c1-3-29-10-12-30(13-11-29)22-8-7-20(18-21(22)25)19-28-24(26-2)32-16-14-31(15-17-32)23-6-4-5-9-27-23/h4-9,18H,3,10-17,19H2,1-2H3,(H,26,28). The lowest BCUT2D eigenvalue weighted by Gasteiger charge is -2.37. The maximum absolute atomic E-state index is 14.8. The molecule has 2 aromatic rings. The summed E-state index contributed by atoms with van der Waals surface area (Å²) in [6, 6.07) is 11.6. The highest BCUT2D eigenvalue weighted by molar-refractivity contribution is 5.80. The van der Waals surface area contributed by atoms with E-state index in [2.05, 4.69) is 41.8 Å². The lowest BCUT2D eigenvalue weighted by molar-refractivity contribution is 0.270. The Balaban J connectivity index is 1.29. The number of piperazine rings is 2. The Bertz CT molecular complexity index is 888. The van der Waals surface area contributed by atoms with Crippen molar-refractivity contribution < 1.29 is 4.39 Å². The first kappa shape index (κ1) is 22.3. The largest absolute Gasteiger partial charge is 0.367 e. The van der Waals surface area contributed by atoms with Crippen LogP contribution in [0.4, 0.5) is 15.9 Å². The predicted molar refractivity (Wildman–Crippen MR) is 129 cm³/mol. The molecule has 2 aliphatic heterocycles. The molecule has 1 N–H and O–H groups in total. The Morgan fingerprint density at radius 2 is 1.75 bits per heavy atom. The number of hydrogen-bond donors (Lipinski definition) is 1. The van der Waals surface area contributed by atoms with Crippen molar-refractivity contribution in [1.82, 2.24) is 20.1 Å². The first-order valence-corrected chi connectivity index (χ1v) is 11.5. The number of anilines is 2. The quantitative estimate of drug-likeness (QED) is 0.570. The molecule has 172 valence electrons. The van der Waals surface area contributed by atoms with E-state index < -0.39 is 0 Å². The number of halogens is 1. The lowest BCUT2D eigenvalue weighted by Crippen LogP contribution is -2.52. The molecule has 3 heterocycles. The summed E-state index contributed by atoms with van der Waals surface area (Å²) in [6.45, 7) is 11.0. The average Bonchev–Trinajstić information content (AvgIpc) is 2.85. The smallest absolute Gasteiger partial charge is 0.194 e. The molecule has 1 aromatic carbocycles. The van der Waals surface area contributed by atoms with Gasteiger partial charge in [-0.1, -0.05) is 19.1 Å². The highest BCUT2D eigenvalue weighted by atomic mass is 19.1. The van der Waals surface area contributed by atoms with Crippen LogP contribution in [0.3, 0.4) is 0 Å². The van der Waals surface area contributed by atoms with E-state index in [1.165, 1.54) is 0 Å². The first-order chi connectivity index (χ1) is 15.7. The summed E-state index contributed by atoms with van der Waals surface area (Å²) < 4.78 is 14.8. The molecule has 0 saturated carbocycles. The number of nitrogens with zero attached hydrogens (tertiary/aromatic N) is 6. The SMILES string of the molecule is CCN1CCN(c2ccc(CNC(=NC)N3CCN(c4ccccn4)CC3)cc2F)CC1. The van der Waals surface area contributed by atoms with Crippen molar-refractivity contribution in [3.8, 4) is 0 Å². The lowest BCUT2D eigenvalue weighted by atomic mass is 10.1. The third kappa shape index (κ3) is 5.30. The van der Waals surface area contributed by atoms with Gasteiger partial charge in [-0.3, -0.25) is 4.99 Å². The third-order valence-corrected chi connectivity index (χ3v) is 6.39. The summed E-state index contributed by atoms with van der Waals surface area (Å²) in [6.07, 6.45) is 1.83. The first-order valence-electron chi connectivity index (χ1n) is 11.5. The number of nitrogens with one attached hydrogen (secondary N) is 1. The normalized spacial score (nSPS) is 18.2. The number of benzene rings is 1. The van der Waals surface area contributed by atoms with Gasteiger partial charge in [0.05, 0.1) is 5.69 Å². The van der Waals surface area contributed by atoms with Gasteiger partial charge in [-0.15, -0.1) is 0 Å². The van der Waals surface area contributed by atoms with Crippen LogP contribution in [-0.4, -0.2) is 86.7 Å². The van der Waals surface area contributed by atoms with E-state index in [1.807, 2.05) is 36.5 Å². The monoisotopic (exact) mass is 439 g/mol. The second kappa shape index (κ2) is 10.6. The fraction of sp³-hybridized carbons (Fsp3) is 0.500. The van der Waals surface area contributed by atoms with Crippen LogP contribution in [0.1, 0.15) is 12.5 Å². The maximum atomic E-state index is 14.8. The van der Waals surface area contributed by atoms with Crippen LogP contribution in [0.25, 0.3) is 0 Å². The molecule has 0 bridgehead atoms. The maximum Gasteiger partial charge on any atom is 0.194 e. The van der Waals surface area contributed by atoms with E-state index in [0.717, 1.165) is 76.2 Å². The Hall–Kier alpha value is -2.87. The van der Waals surface area contributed by atoms with Crippen molar-refractivity contribution in [1.29, 1.82) is 0 Å². The molecule has 0 aliphatic carbocycles. The van der Waals surface area contributed by atoms with Gasteiger partial charge in [-0.25, -0.2) is 9.37 Å². The third-order valence-electron chi connectivity index (χ3n) is 6.39. The van der Waals surface area contributed by atoms with Crippen molar-refractivity contribution in [2.24, 2.45) is 4.99 Å². The van der Waals surface area contributed by atoms with Crippen molar-refractivity contribution in [3.05, 3.63) is 54.0 Å². The Morgan fingerprint density at radius 3 is 2.38 bits per heavy atom. The molecule has 7 nitrogen and oxygen atoms in total. The zero-order valence-electron chi connectivity index (χ0n) is 19.2. The molecule has 2 saturated heterocycles.